The molecular formula is C14H21NO3S2. The van der Waals surface area contributed by atoms with E-state index in [2.05, 4.69) is 11.4 Å². The molecule has 112 valence electrons. The summed E-state index contributed by atoms with van der Waals surface area (Å²) in [6, 6.07) is 2.03. The number of fused-ring (bicyclic) bond motifs is 1. The van der Waals surface area contributed by atoms with Crippen molar-refractivity contribution in [2.75, 3.05) is 18.9 Å². The zero-order valence-electron chi connectivity index (χ0n) is 11.7. The van der Waals surface area contributed by atoms with Crippen molar-refractivity contribution >= 4 is 21.4 Å². The third-order valence-electron chi connectivity index (χ3n) is 4.30. The van der Waals surface area contributed by atoms with Gasteiger partial charge in [0.1, 0.15) is 0 Å². The minimum absolute atomic E-state index is 0.0282. The predicted molar refractivity (Wildman–Crippen MR) is 80.5 cm³/mol. The van der Waals surface area contributed by atoms with Crippen LogP contribution in [0, 0.1) is 0 Å². The highest BCUT2D eigenvalue weighted by atomic mass is 32.2. The Morgan fingerprint density at radius 1 is 1.50 bits per heavy atom. The third kappa shape index (κ3) is 2.79. The second-order valence-electron chi connectivity index (χ2n) is 5.58. The minimum atomic E-state index is -3.18. The summed E-state index contributed by atoms with van der Waals surface area (Å²) < 4.78 is 32.3. The number of rotatable bonds is 4. The molecule has 0 radical (unpaired) electrons. The highest BCUT2D eigenvalue weighted by Gasteiger charge is 2.33. The Labute approximate surface area is 124 Å². The monoisotopic (exact) mass is 315 g/mol. The van der Waals surface area contributed by atoms with Crippen molar-refractivity contribution in [1.82, 2.24) is 4.31 Å². The van der Waals surface area contributed by atoms with Crippen molar-refractivity contribution < 1.29 is 13.2 Å². The quantitative estimate of drug-likeness (QED) is 0.858. The molecule has 6 heteroatoms. The lowest BCUT2D eigenvalue weighted by molar-refractivity contribution is 0.108. The van der Waals surface area contributed by atoms with Crippen molar-refractivity contribution in [2.24, 2.45) is 0 Å². The van der Waals surface area contributed by atoms with Gasteiger partial charge in [0.05, 0.1) is 11.9 Å². The van der Waals surface area contributed by atoms with Gasteiger partial charge in [-0.15, -0.1) is 11.3 Å². The van der Waals surface area contributed by atoms with E-state index in [9.17, 15) is 8.42 Å². The molecule has 0 amide bonds. The lowest BCUT2D eigenvalue weighted by Crippen LogP contribution is -2.40. The molecule has 1 aromatic rings. The standard InChI is InChI=1S/C14H21NO3S2/c1-11-13-5-9-19-14(13)4-7-15(11)20(16,17)10-6-12-3-2-8-18-12/h5,9,11-12H,2-4,6-8,10H2,1H3. The Hall–Kier alpha value is -0.430. The maximum Gasteiger partial charge on any atom is 0.214 e. The molecule has 2 atom stereocenters. The number of hydrogen-bond donors (Lipinski definition) is 0. The average molecular weight is 315 g/mol. The van der Waals surface area contributed by atoms with Crippen molar-refractivity contribution in [3.63, 3.8) is 0 Å². The molecule has 2 aliphatic heterocycles. The molecule has 2 unspecified atom stereocenters. The Balaban J connectivity index is 1.68. The first-order valence-corrected chi connectivity index (χ1v) is 9.74. The van der Waals surface area contributed by atoms with Crippen LogP contribution in [-0.2, 0) is 21.2 Å². The van der Waals surface area contributed by atoms with E-state index >= 15 is 0 Å². The molecule has 0 aliphatic carbocycles. The summed E-state index contributed by atoms with van der Waals surface area (Å²) in [6.45, 7) is 3.39. The van der Waals surface area contributed by atoms with Crippen LogP contribution in [-0.4, -0.2) is 37.7 Å². The SMILES string of the molecule is CC1c2ccsc2CCN1S(=O)(=O)CCC1CCCO1. The van der Waals surface area contributed by atoms with Gasteiger partial charge in [-0.05, 0) is 49.6 Å². The first kappa shape index (κ1) is 14.5. The number of thiophene rings is 1. The van der Waals surface area contributed by atoms with Gasteiger partial charge in [-0.1, -0.05) is 0 Å². The molecule has 1 fully saturated rings. The van der Waals surface area contributed by atoms with Crippen LogP contribution in [0.15, 0.2) is 11.4 Å². The van der Waals surface area contributed by atoms with Crippen LogP contribution >= 0.6 is 11.3 Å². The summed E-state index contributed by atoms with van der Waals surface area (Å²) in [5, 5.41) is 2.06. The molecular weight excluding hydrogens is 294 g/mol. The van der Waals surface area contributed by atoms with Gasteiger partial charge < -0.3 is 4.74 Å². The molecule has 1 aromatic heterocycles. The van der Waals surface area contributed by atoms with Gasteiger partial charge >= 0.3 is 0 Å². The fourth-order valence-corrected chi connectivity index (χ4v) is 5.86. The number of nitrogens with zero attached hydrogens (tertiary/aromatic N) is 1. The second kappa shape index (κ2) is 5.75. The Morgan fingerprint density at radius 3 is 3.10 bits per heavy atom. The van der Waals surface area contributed by atoms with Gasteiger partial charge in [-0.3, -0.25) is 0 Å². The maximum absolute atomic E-state index is 12.6. The zero-order valence-corrected chi connectivity index (χ0v) is 13.4. The first-order chi connectivity index (χ1) is 9.58. The molecule has 0 bridgehead atoms. The number of ether oxygens (including phenoxy) is 1. The lowest BCUT2D eigenvalue weighted by atomic mass is 10.0. The molecule has 0 saturated carbocycles. The van der Waals surface area contributed by atoms with E-state index in [-0.39, 0.29) is 17.9 Å². The molecule has 20 heavy (non-hydrogen) atoms. The average Bonchev–Trinajstić information content (AvgIpc) is 3.08. The molecule has 0 spiro atoms. The van der Waals surface area contributed by atoms with E-state index in [1.165, 1.54) is 10.4 Å². The number of sulfonamides is 1. The van der Waals surface area contributed by atoms with E-state index in [1.807, 2.05) is 6.92 Å². The second-order valence-corrected chi connectivity index (χ2v) is 8.62. The normalized spacial score (nSPS) is 27.6. The van der Waals surface area contributed by atoms with Gasteiger partial charge in [-0.25, -0.2) is 8.42 Å². The van der Waals surface area contributed by atoms with Crippen LogP contribution in [0.4, 0.5) is 0 Å². The van der Waals surface area contributed by atoms with Crippen LogP contribution in [0.25, 0.3) is 0 Å². The summed E-state index contributed by atoms with van der Waals surface area (Å²) >= 11 is 1.73. The van der Waals surface area contributed by atoms with Crippen LogP contribution in [0.5, 0.6) is 0 Å². The third-order valence-corrected chi connectivity index (χ3v) is 7.26. The lowest BCUT2D eigenvalue weighted by Gasteiger charge is -2.32. The largest absolute Gasteiger partial charge is 0.378 e. The highest BCUT2D eigenvalue weighted by molar-refractivity contribution is 7.89. The van der Waals surface area contributed by atoms with Crippen LogP contribution in [0.1, 0.15) is 42.7 Å². The van der Waals surface area contributed by atoms with Gasteiger partial charge in [0.2, 0.25) is 10.0 Å². The number of hydrogen-bond acceptors (Lipinski definition) is 4. The Bertz CT molecular complexity index is 561. The van der Waals surface area contributed by atoms with E-state index in [4.69, 9.17) is 4.74 Å². The molecule has 3 rings (SSSR count). The van der Waals surface area contributed by atoms with Gasteiger partial charge in [0.15, 0.2) is 0 Å². The predicted octanol–water partition coefficient (Wildman–Crippen LogP) is 2.57. The van der Waals surface area contributed by atoms with Crippen LogP contribution < -0.4 is 0 Å². The first-order valence-electron chi connectivity index (χ1n) is 7.25. The molecule has 0 aromatic carbocycles. The molecule has 0 N–H and O–H groups in total. The molecule has 1 saturated heterocycles. The van der Waals surface area contributed by atoms with Gasteiger partial charge in [0.25, 0.3) is 0 Å². The summed E-state index contributed by atoms with van der Waals surface area (Å²) in [7, 11) is -3.18. The summed E-state index contributed by atoms with van der Waals surface area (Å²) in [4.78, 5) is 1.34. The molecule has 3 heterocycles. The topological polar surface area (TPSA) is 46.6 Å². The van der Waals surface area contributed by atoms with Crippen molar-refractivity contribution in [3.05, 3.63) is 21.9 Å². The summed E-state index contributed by atoms with van der Waals surface area (Å²) in [5.74, 6) is 0.210. The Kier molecular flexibility index (Phi) is 4.17. The van der Waals surface area contributed by atoms with Crippen molar-refractivity contribution in [1.29, 1.82) is 0 Å². The zero-order chi connectivity index (χ0) is 14.2. The minimum Gasteiger partial charge on any atom is -0.378 e. The molecule has 2 aliphatic rings. The highest BCUT2D eigenvalue weighted by Crippen LogP contribution is 2.34. The van der Waals surface area contributed by atoms with E-state index in [0.29, 0.717) is 13.0 Å². The van der Waals surface area contributed by atoms with Gasteiger partial charge in [0, 0.05) is 24.1 Å². The fourth-order valence-electron chi connectivity index (χ4n) is 3.14. The van der Waals surface area contributed by atoms with E-state index in [0.717, 1.165) is 25.9 Å². The smallest absolute Gasteiger partial charge is 0.214 e. The van der Waals surface area contributed by atoms with Crippen molar-refractivity contribution in [2.45, 2.75) is 44.8 Å². The maximum atomic E-state index is 12.6. The fraction of sp³-hybridized carbons (Fsp3) is 0.714. The van der Waals surface area contributed by atoms with Crippen molar-refractivity contribution in [3.8, 4) is 0 Å². The van der Waals surface area contributed by atoms with E-state index < -0.39 is 10.0 Å². The summed E-state index contributed by atoms with van der Waals surface area (Å²) in [5.41, 5.74) is 1.18. The summed E-state index contributed by atoms with van der Waals surface area (Å²) in [6.07, 6.45) is 3.67. The van der Waals surface area contributed by atoms with Gasteiger partial charge in [-0.2, -0.15) is 4.31 Å². The van der Waals surface area contributed by atoms with Crippen LogP contribution in [0.3, 0.4) is 0 Å². The van der Waals surface area contributed by atoms with Crippen LogP contribution in [0.2, 0.25) is 0 Å². The molecule has 4 nitrogen and oxygen atoms in total. The Morgan fingerprint density at radius 2 is 2.35 bits per heavy atom. The van der Waals surface area contributed by atoms with E-state index in [1.54, 1.807) is 15.6 Å².